The molecule has 0 amide bonds. The molecule has 1 heterocycles. The molecule has 21 heavy (non-hydrogen) atoms. The third kappa shape index (κ3) is 3.98. The van der Waals surface area contributed by atoms with E-state index in [1.54, 1.807) is 20.0 Å². The largest absolute Gasteiger partial charge is 0.573 e. The van der Waals surface area contributed by atoms with Crippen LogP contribution < -0.4 is 10.5 Å². The number of nitrogens with zero attached hydrogens (tertiary/aromatic N) is 3. The molecule has 0 atom stereocenters. The molecule has 0 radical (unpaired) electrons. The van der Waals surface area contributed by atoms with Crippen molar-refractivity contribution in [1.29, 1.82) is 0 Å². The number of ether oxygens (including phenoxy) is 1. The van der Waals surface area contributed by atoms with Gasteiger partial charge in [-0.15, -0.1) is 13.2 Å². The Morgan fingerprint density at radius 1 is 1.33 bits per heavy atom. The van der Waals surface area contributed by atoms with Crippen LogP contribution in [0.25, 0.3) is 0 Å². The number of imidazole rings is 1. The van der Waals surface area contributed by atoms with Crippen LogP contribution in [0.4, 0.5) is 19.1 Å². The van der Waals surface area contributed by atoms with Crippen LogP contribution in [0, 0.1) is 13.8 Å². The molecule has 0 aliphatic heterocycles. The number of hydrogen-bond donors (Lipinski definition) is 1. The van der Waals surface area contributed by atoms with Gasteiger partial charge in [0.05, 0.1) is 18.1 Å². The molecule has 2 aromatic rings. The van der Waals surface area contributed by atoms with E-state index in [9.17, 15) is 13.2 Å². The van der Waals surface area contributed by atoms with Gasteiger partial charge in [-0.2, -0.15) is 5.10 Å². The van der Waals surface area contributed by atoms with Crippen molar-refractivity contribution in [3.05, 3.63) is 41.2 Å². The van der Waals surface area contributed by atoms with E-state index in [4.69, 9.17) is 5.73 Å². The van der Waals surface area contributed by atoms with E-state index in [1.165, 1.54) is 29.1 Å². The Morgan fingerprint density at radius 2 is 2.05 bits per heavy atom. The highest BCUT2D eigenvalue weighted by Gasteiger charge is 2.31. The van der Waals surface area contributed by atoms with Crippen molar-refractivity contribution in [2.24, 2.45) is 5.10 Å². The van der Waals surface area contributed by atoms with Gasteiger partial charge in [-0.1, -0.05) is 0 Å². The molecule has 112 valence electrons. The van der Waals surface area contributed by atoms with Gasteiger partial charge in [0.25, 0.3) is 0 Å². The predicted octanol–water partition coefficient (Wildman–Crippen LogP) is 2.86. The van der Waals surface area contributed by atoms with E-state index in [-0.39, 0.29) is 11.7 Å². The molecule has 0 saturated carbocycles. The van der Waals surface area contributed by atoms with Gasteiger partial charge in [-0.05, 0) is 43.2 Å². The minimum Gasteiger partial charge on any atom is -0.406 e. The maximum Gasteiger partial charge on any atom is 0.573 e. The van der Waals surface area contributed by atoms with Crippen molar-refractivity contribution in [1.82, 2.24) is 9.66 Å². The first-order chi connectivity index (χ1) is 9.74. The zero-order valence-corrected chi connectivity index (χ0v) is 11.3. The average Bonchev–Trinajstić information content (AvgIpc) is 2.65. The summed E-state index contributed by atoms with van der Waals surface area (Å²) in [6.07, 6.45) is -1.57. The van der Waals surface area contributed by atoms with Gasteiger partial charge in [-0.25, -0.2) is 9.66 Å². The summed E-state index contributed by atoms with van der Waals surface area (Å²) in [5.41, 5.74) is 7.59. The zero-order valence-electron chi connectivity index (χ0n) is 11.3. The molecule has 0 bridgehead atoms. The molecule has 2 N–H and O–H groups in total. The number of nitrogens with two attached hydrogens (primary N) is 1. The Morgan fingerprint density at radius 3 is 2.57 bits per heavy atom. The number of nitrogen functional groups attached to an aromatic ring is 1. The van der Waals surface area contributed by atoms with Gasteiger partial charge in [0, 0.05) is 0 Å². The van der Waals surface area contributed by atoms with Crippen LogP contribution >= 0.6 is 0 Å². The Hall–Kier alpha value is -2.51. The Kier molecular flexibility index (Phi) is 3.88. The molecule has 1 aromatic heterocycles. The monoisotopic (exact) mass is 298 g/mol. The van der Waals surface area contributed by atoms with Crippen molar-refractivity contribution in [2.75, 3.05) is 5.73 Å². The Labute approximate surface area is 118 Å². The fourth-order valence-corrected chi connectivity index (χ4v) is 1.71. The summed E-state index contributed by atoms with van der Waals surface area (Å²) < 4.78 is 41.6. The standard InChI is InChI=1S/C13H13F3N4O/c1-8-5-11(21-13(14,15)16)4-3-10(8)6-18-20-7-9(2)19-12(20)17/h3-7H,1-2H3,(H2,17,19). The third-order valence-electron chi connectivity index (χ3n) is 2.63. The number of alkyl halides is 3. The average molecular weight is 298 g/mol. The highest BCUT2D eigenvalue weighted by atomic mass is 19.4. The molecule has 0 aliphatic rings. The molecule has 0 unspecified atom stereocenters. The predicted molar refractivity (Wildman–Crippen MR) is 72.2 cm³/mol. The lowest BCUT2D eigenvalue weighted by Gasteiger charge is -2.10. The summed E-state index contributed by atoms with van der Waals surface area (Å²) in [5, 5.41) is 4.10. The van der Waals surface area contributed by atoms with Gasteiger partial charge in [0.1, 0.15) is 5.75 Å². The lowest BCUT2D eigenvalue weighted by atomic mass is 10.1. The molecule has 5 nitrogen and oxygen atoms in total. The molecule has 0 spiro atoms. The van der Waals surface area contributed by atoms with E-state index >= 15 is 0 Å². The van der Waals surface area contributed by atoms with Gasteiger partial charge < -0.3 is 10.5 Å². The maximum absolute atomic E-state index is 12.1. The van der Waals surface area contributed by atoms with Crippen LogP contribution in [-0.4, -0.2) is 22.2 Å². The van der Waals surface area contributed by atoms with Crippen LogP contribution in [0.5, 0.6) is 5.75 Å². The number of aryl methyl sites for hydroxylation is 2. The highest BCUT2D eigenvalue weighted by molar-refractivity contribution is 5.82. The SMILES string of the molecule is Cc1cn(N=Cc2ccc(OC(F)(F)F)cc2C)c(N)n1. The fourth-order valence-electron chi connectivity index (χ4n) is 1.71. The number of hydrogen-bond acceptors (Lipinski definition) is 4. The van der Waals surface area contributed by atoms with Crippen molar-refractivity contribution >= 4 is 12.2 Å². The van der Waals surface area contributed by atoms with Crippen LogP contribution in [0.15, 0.2) is 29.5 Å². The Balaban J connectivity index is 2.20. The number of anilines is 1. The minimum absolute atomic E-state index is 0.235. The maximum atomic E-state index is 12.1. The normalized spacial score (nSPS) is 12.0. The first-order valence-corrected chi connectivity index (χ1v) is 5.97. The van der Waals surface area contributed by atoms with Gasteiger partial charge in [0.2, 0.25) is 5.95 Å². The van der Waals surface area contributed by atoms with E-state index < -0.39 is 6.36 Å². The summed E-state index contributed by atoms with van der Waals surface area (Å²) in [5.74, 6) is -0.0337. The van der Waals surface area contributed by atoms with E-state index in [2.05, 4.69) is 14.8 Å². The van der Waals surface area contributed by atoms with E-state index in [0.29, 0.717) is 11.1 Å². The summed E-state index contributed by atoms with van der Waals surface area (Å²) in [7, 11) is 0. The van der Waals surface area contributed by atoms with Crippen molar-refractivity contribution in [2.45, 2.75) is 20.2 Å². The topological polar surface area (TPSA) is 65.4 Å². The van der Waals surface area contributed by atoms with Gasteiger partial charge >= 0.3 is 6.36 Å². The number of benzene rings is 1. The van der Waals surface area contributed by atoms with Crippen molar-refractivity contribution in [3.63, 3.8) is 0 Å². The highest BCUT2D eigenvalue weighted by Crippen LogP contribution is 2.24. The molecule has 8 heteroatoms. The number of aromatic nitrogens is 2. The van der Waals surface area contributed by atoms with Crippen LogP contribution in [0.2, 0.25) is 0 Å². The lowest BCUT2D eigenvalue weighted by Crippen LogP contribution is -2.17. The van der Waals surface area contributed by atoms with Crippen LogP contribution in [-0.2, 0) is 0 Å². The second kappa shape index (κ2) is 5.47. The van der Waals surface area contributed by atoms with Crippen molar-refractivity contribution in [3.8, 4) is 5.75 Å². The van der Waals surface area contributed by atoms with E-state index in [0.717, 1.165) is 5.69 Å². The van der Waals surface area contributed by atoms with Gasteiger partial charge in [0.15, 0.2) is 0 Å². The molecular weight excluding hydrogens is 285 g/mol. The molecule has 2 rings (SSSR count). The summed E-state index contributed by atoms with van der Waals surface area (Å²) >= 11 is 0. The molecule has 0 aliphatic carbocycles. The second-order valence-corrected chi connectivity index (χ2v) is 4.40. The first-order valence-electron chi connectivity index (χ1n) is 5.97. The second-order valence-electron chi connectivity index (χ2n) is 4.40. The fraction of sp³-hybridized carbons (Fsp3) is 0.231. The summed E-state index contributed by atoms with van der Waals surface area (Å²) in [6, 6.07) is 4.00. The molecule has 0 saturated heterocycles. The first kappa shape index (κ1) is 14.9. The number of rotatable bonds is 3. The third-order valence-corrected chi connectivity index (χ3v) is 2.63. The smallest absolute Gasteiger partial charge is 0.406 e. The number of halogens is 3. The minimum atomic E-state index is -4.70. The van der Waals surface area contributed by atoms with E-state index in [1.807, 2.05) is 0 Å². The molecular formula is C13H13F3N4O. The molecule has 1 aromatic carbocycles. The van der Waals surface area contributed by atoms with Gasteiger partial charge in [-0.3, -0.25) is 0 Å². The summed E-state index contributed by atoms with van der Waals surface area (Å²) in [6.45, 7) is 3.43. The quantitative estimate of drug-likeness (QED) is 0.886. The van der Waals surface area contributed by atoms with Crippen molar-refractivity contribution < 1.29 is 17.9 Å². The molecule has 0 fully saturated rings. The Bertz CT molecular complexity index is 677. The summed E-state index contributed by atoms with van der Waals surface area (Å²) in [4.78, 5) is 3.98. The zero-order chi connectivity index (χ0) is 15.6. The lowest BCUT2D eigenvalue weighted by molar-refractivity contribution is -0.274. The van der Waals surface area contributed by atoms with Crippen LogP contribution in [0.3, 0.4) is 0 Å². The van der Waals surface area contributed by atoms with Crippen LogP contribution in [0.1, 0.15) is 16.8 Å².